The number of hydrogen-bond acceptors (Lipinski definition) is 4. The standard InChI is InChI=1S/C22H20N4O2/c1-15-12-16(2)26-21(24-15)20(13-23-26)22(27)25-18-8-10-19(11-9-18)28-14-17-6-4-3-5-7-17/h3-13H,14H2,1-2H3,(H,25,27). The maximum atomic E-state index is 12.7. The minimum absolute atomic E-state index is 0.245. The molecule has 0 bridgehead atoms. The zero-order valence-electron chi connectivity index (χ0n) is 15.7. The fraction of sp³-hybridized carbons (Fsp3) is 0.136. The molecule has 0 radical (unpaired) electrons. The van der Waals surface area contributed by atoms with Gasteiger partial charge in [-0.25, -0.2) is 9.50 Å². The summed E-state index contributed by atoms with van der Waals surface area (Å²) in [6.45, 7) is 4.33. The number of ether oxygens (including phenoxy) is 1. The summed E-state index contributed by atoms with van der Waals surface area (Å²) in [6.07, 6.45) is 1.54. The lowest BCUT2D eigenvalue weighted by Gasteiger charge is -2.08. The monoisotopic (exact) mass is 372 g/mol. The molecular weight excluding hydrogens is 352 g/mol. The molecule has 0 aliphatic heterocycles. The molecule has 0 saturated heterocycles. The van der Waals surface area contributed by atoms with Crippen LogP contribution in [0.15, 0.2) is 66.9 Å². The fourth-order valence-electron chi connectivity index (χ4n) is 3.00. The van der Waals surface area contributed by atoms with E-state index >= 15 is 0 Å². The highest BCUT2D eigenvalue weighted by molar-refractivity contribution is 6.08. The molecule has 0 spiro atoms. The third kappa shape index (κ3) is 3.71. The number of rotatable bonds is 5. The van der Waals surface area contributed by atoms with Gasteiger partial charge in [0.2, 0.25) is 0 Å². The predicted octanol–water partition coefficient (Wildman–Crippen LogP) is 4.18. The van der Waals surface area contributed by atoms with Crippen LogP contribution in [-0.4, -0.2) is 20.5 Å². The first-order valence-corrected chi connectivity index (χ1v) is 9.00. The zero-order chi connectivity index (χ0) is 19.5. The first-order valence-electron chi connectivity index (χ1n) is 9.00. The molecule has 1 amide bonds. The van der Waals surface area contributed by atoms with Crippen molar-refractivity contribution in [2.24, 2.45) is 0 Å². The predicted molar refractivity (Wildman–Crippen MR) is 108 cm³/mol. The van der Waals surface area contributed by atoms with Crippen molar-refractivity contribution in [2.75, 3.05) is 5.32 Å². The van der Waals surface area contributed by atoms with Gasteiger partial charge in [-0.15, -0.1) is 0 Å². The van der Waals surface area contributed by atoms with Crippen LogP contribution in [-0.2, 0) is 6.61 Å². The number of hydrogen-bond donors (Lipinski definition) is 1. The van der Waals surface area contributed by atoms with Gasteiger partial charge in [0, 0.05) is 17.1 Å². The molecule has 2 heterocycles. The SMILES string of the molecule is Cc1cc(C)n2ncc(C(=O)Nc3ccc(OCc4ccccc4)cc3)c2n1. The second kappa shape index (κ2) is 7.52. The van der Waals surface area contributed by atoms with Crippen LogP contribution in [0.25, 0.3) is 5.65 Å². The van der Waals surface area contributed by atoms with Crippen LogP contribution in [0.3, 0.4) is 0 Å². The summed E-state index contributed by atoms with van der Waals surface area (Å²) in [5, 5.41) is 7.15. The normalized spacial score (nSPS) is 10.8. The van der Waals surface area contributed by atoms with Crippen molar-refractivity contribution in [1.29, 1.82) is 0 Å². The molecule has 4 rings (SSSR count). The Balaban J connectivity index is 1.45. The number of nitrogens with one attached hydrogen (secondary N) is 1. The van der Waals surface area contributed by atoms with Gasteiger partial charge in [0.05, 0.1) is 6.20 Å². The summed E-state index contributed by atoms with van der Waals surface area (Å²) in [4.78, 5) is 17.1. The third-order valence-corrected chi connectivity index (χ3v) is 4.38. The molecule has 4 aromatic rings. The maximum Gasteiger partial charge on any atom is 0.261 e. The van der Waals surface area contributed by atoms with Crippen molar-refractivity contribution >= 4 is 17.2 Å². The van der Waals surface area contributed by atoms with Crippen LogP contribution < -0.4 is 10.1 Å². The molecule has 6 nitrogen and oxygen atoms in total. The summed E-state index contributed by atoms with van der Waals surface area (Å²) >= 11 is 0. The summed E-state index contributed by atoms with van der Waals surface area (Å²) in [5.74, 6) is 0.496. The molecule has 28 heavy (non-hydrogen) atoms. The Bertz CT molecular complexity index is 1120. The number of carbonyl (C=O) groups excluding carboxylic acids is 1. The first kappa shape index (κ1) is 17.7. The lowest BCUT2D eigenvalue weighted by Crippen LogP contribution is -2.12. The number of fused-ring (bicyclic) bond motifs is 1. The van der Waals surface area contributed by atoms with Crippen LogP contribution in [0.2, 0.25) is 0 Å². The highest BCUT2D eigenvalue weighted by Gasteiger charge is 2.15. The van der Waals surface area contributed by atoms with Gasteiger partial charge in [-0.1, -0.05) is 30.3 Å². The van der Waals surface area contributed by atoms with E-state index in [1.54, 1.807) is 10.7 Å². The van der Waals surface area contributed by atoms with Gasteiger partial charge in [0.15, 0.2) is 5.65 Å². The van der Waals surface area contributed by atoms with E-state index in [0.717, 1.165) is 22.7 Å². The third-order valence-electron chi connectivity index (χ3n) is 4.38. The van der Waals surface area contributed by atoms with Crippen molar-refractivity contribution in [3.05, 3.63) is 89.4 Å². The number of nitrogens with zero attached hydrogens (tertiary/aromatic N) is 3. The maximum absolute atomic E-state index is 12.7. The Labute approximate surface area is 162 Å². The van der Waals surface area contributed by atoms with Gasteiger partial charge in [-0.05, 0) is 49.7 Å². The van der Waals surface area contributed by atoms with Crippen LogP contribution in [0.4, 0.5) is 5.69 Å². The number of anilines is 1. The lowest BCUT2D eigenvalue weighted by atomic mass is 10.2. The van der Waals surface area contributed by atoms with E-state index in [9.17, 15) is 4.79 Å². The minimum atomic E-state index is -0.245. The molecule has 0 atom stereocenters. The Morgan fingerprint density at radius 1 is 1.07 bits per heavy atom. The van der Waals surface area contributed by atoms with E-state index in [1.807, 2.05) is 74.5 Å². The minimum Gasteiger partial charge on any atom is -0.489 e. The van der Waals surface area contributed by atoms with E-state index in [4.69, 9.17) is 4.74 Å². The van der Waals surface area contributed by atoms with E-state index in [-0.39, 0.29) is 5.91 Å². The number of carbonyl (C=O) groups is 1. The first-order chi connectivity index (χ1) is 13.6. The molecule has 1 N–H and O–H groups in total. The number of aryl methyl sites for hydroxylation is 2. The molecule has 0 aliphatic rings. The second-order valence-corrected chi connectivity index (χ2v) is 6.59. The van der Waals surface area contributed by atoms with Gasteiger partial charge in [0.1, 0.15) is 17.9 Å². The van der Waals surface area contributed by atoms with Crippen molar-refractivity contribution < 1.29 is 9.53 Å². The topological polar surface area (TPSA) is 68.5 Å². The average Bonchev–Trinajstić information content (AvgIpc) is 3.12. The Morgan fingerprint density at radius 3 is 2.57 bits per heavy atom. The molecule has 0 saturated carbocycles. The summed E-state index contributed by atoms with van der Waals surface area (Å²) < 4.78 is 7.44. The largest absolute Gasteiger partial charge is 0.489 e. The van der Waals surface area contributed by atoms with Crippen molar-refractivity contribution in [3.8, 4) is 5.75 Å². The van der Waals surface area contributed by atoms with Crippen molar-refractivity contribution in [1.82, 2.24) is 14.6 Å². The van der Waals surface area contributed by atoms with Gasteiger partial charge in [-0.2, -0.15) is 5.10 Å². The van der Waals surface area contributed by atoms with Gasteiger partial charge < -0.3 is 10.1 Å². The molecule has 0 unspecified atom stereocenters. The van der Waals surface area contributed by atoms with Crippen LogP contribution in [0.5, 0.6) is 5.75 Å². The lowest BCUT2D eigenvalue weighted by molar-refractivity contribution is 0.102. The molecule has 6 heteroatoms. The molecule has 0 aliphatic carbocycles. The van der Waals surface area contributed by atoms with Gasteiger partial charge in [0.25, 0.3) is 5.91 Å². The van der Waals surface area contributed by atoms with Crippen LogP contribution in [0.1, 0.15) is 27.3 Å². The Morgan fingerprint density at radius 2 is 1.82 bits per heavy atom. The van der Waals surface area contributed by atoms with Crippen molar-refractivity contribution in [3.63, 3.8) is 0 Å². The van der Waals surface area contributed by atoms with Crippen LogP contribution in [0, 0.1) is 13.8 Å². The zero-order valence-corrected chi connectivity index (χ0v) is 15.7. The van der Waals surface area contributed by atoms with E-state index in [1.165, 1.54) is 0 Å². The quantitative estimate of drug-likeness (QED) is 0.571. The molecule has 140 valence electrons. The fourth-order valence-corrected chi connectivity index (χ4v) is 3.00. The molecular formula is C22H20N4O2. The smallest absolute Gasteiger partial charge is 0.261 e. The van der Waals surface area contributed by atoms with Gasteiger partial charge in [-0.3, -0.25) is 4.79 Å². The second-order valence-electron chi connectivity index (χ2n) is 6.59. The number of benzene rings is 2. The molecule has 2 aromatic heterocycles. The van der Waals surface area contributed by atoms with Crippen LogP contribution >= 0.6 is 0 Å². The molecule has 0 fully saturated rings. The average molecular weight is 372 g/mol. The summed E-state index contributed by atoms with van der Waals surface area (Å²) in [7, 11) is 0. The summed E-state index contributed by atoms with van der Waals surface area (Å²) in [5.41, 5.74) is 4.56. The number of amides is 1. The van der Waals surface area contributed by atoms with Crippen molar-refractivity contribution in [2.45, 2.75) is 20.5 Å². The van der Waals surface area contributed by atoms with E-state index in [2.05, 4.69) is 15.4 Å². The number of aromatic nitrogens is 3. The molecule has 2 aromatic carbocycles. The highest BCUT2D eigenvalue weighted by Crippen LogP contribution is 2.19. The summed E-state index contributed by atoms with van der Waals surface area (Å²) in [6, 6.07) is 19.2. The van der Waals surface area contributed by atoms with E-state index < -0.39 is 0 Å². The Kier molecular flexibility index (Phi) is 4.76. The highest BCUT2D eigenvalue weighted by atomic mass is 16.5. The Hall–Kier alpha value is -3.67. The van der Waals surface area contributed by atoms with E-state index in [0.29, 0.717) is 23.5 Å². The van der Waals surface area contributed by atoms with Gasteiger partial charge >= 0.3 is 0 Å².